The second-order valence-electron chi connectivity index (χ2n) is 10.3. The van der Waals surface area contributed by atoms with Gasteiger partial charge in [-0.3, -0.25) is 0 Å². The smallest absolute Gasteiger partial charge is 1.00 e. The summed E-state index contributed by atoms with van der Waals surface area (Å²) in [6.45, 7) is 13.6. The number of aryl methyl sites for hydroxylation is 3. The van der Waals surface area contributed by atoms with Crippen molar-refractivity contribution in [3.63, 3.8) is 0 Å². The normalized spacial score (nSPS) is 13.4. The Balaban J connectivity index is 0.00000204. The van der Waals surface area contributed by atoms with E-state index in [1.54, 1.807) is 0 Å². The number of hydrogen-bond donors (Lipinski definition) is 0. The molecular weight excluding hydrogens is 527 g/mol. The molecule has 0 saturated carbocycles. The van der Waals surface area contributed by atoms with Crippen LogP contribution in [0.4, 0.5) is 0 Å². The van der Waals surface area contributed by atoms with E-state index in [1.165, 1.54) is 48.4 Å². The molecule has 0 fully saturated rings. The van der Waals surface area contributed by atoms with Crippen LogP contribution in [0.5, 0.6) is 0 Å². The standard InChI is InChI=1S/C31H33.3ClH.Ti/c1-22-10-7-13-26(18-22)31(27-14-8-11-23(2)19-27,28-15-9-12-24(3)20-28)29-17-16-25(21-29)30(4,5)6;;;;/h7-16,18-20H,17H2,1-6H3;3*1H;/q;;;;+3/p-3. The van der Waals surface area contributed by atoms with E-state index in [0.29, 0.717) is 0 Å². The van der Waals surface area contributed by atoms with Crippen molar-refractivity contribution >= 4 is 0 Å². The Hall–Kier alpha value is -1.28. The Morgan fingerprint density at radius 2 is 1.00 bits per heavy atom. The van der Waals surface area contributed by atoms with Crippen LogP contribution in [-0.2, 0) is 25.9 Å². The Labute approximate surface area is 242 Å². The van der Waals surface area contributed by atoms with Crippen molar-refractivity contribution in [1.29, 1.82) is 0 Å². The molecule has 3 aromatic carbocycles. The van der Waals surface area contributed by atoms with E-state index in [2.05, 4.69) is 141 Å². The van der Waals surface area contributed by atoms with Crippen LogP contribution >= 0.6 is 0 Å². The SMILES string of the molecule is Cc1cccc(C(C2=[C]([Ti+3])C(C(C)(C)C)=CC2)(c2cccc(C)c2)c2cccc(C)c2)c1.[Cl-].[Cl-].[Cl-]. The van der Waals surface area contributed by atoms with Crippen LogP contribution in [-0.4, -0.2) is 0 Å². The molecule has 0 aromatic heterocycles. The summed E-state index contributed by atoms with van der Waals surface area (Å²) >= 11 is 2.34. The topological polar surface area (TPSA) is 0 Å². The zero-order chi connectivity index (χ0) is 23.1. The number of hydrogen-bond acceptors (Lipinski definition) is 0. The van der Waals surface area contributed by atoms with E-state index in [9.17, 15) is 0 Å². The Kier molecular flexibility index (Phi) is 11.2. The van der Waals surface area contributed by atoms with Gasteiger partial charge < -0.3 is 37.2 Å². The van der Waals surface area contributed by atoms with Crippen LogP contribution in [0.25, 0.3) is 0 Å². The molecule has 35 heavy (non-hydrogen) atoms. The van der Waals surface area contributed by atoms with E-state index in [4.69, 9.17) is 0 Å². The molecule has 0 bridgehead atoms. The van der Waals surface area contributed by atoms with Gasteiger partial charge in [-0.1, -0.05) is 0 Å². The molecule has 0 spiro atoms. The molecule has 0 saturated heterocycles. The molecule has 0 heterocycles. The predicted molar refractivity (Wildman–Crippen MR) is 133 cm³/mol. The van der Waals surface area contributed by atoms with Gasteiger partial charge in [-0.15, -0.1) is 0 Å². The Morgan fingerprint density at radius 3 is 1.29 bits per heavy atom. The maximum absolute atomic E-state index is 2.47. The second-order valence-corrected chi connectivity index (χ2v) is 11.1. The van der Waals surface area contributed by atoms with Crippen molar-refractivity contribution in [3.05, 3.63) is 127 Å². The molecule has 0 aliphatic heterocycles. The molecule has 0 nitrogen and oxygen atoms in total. The number of rotatable bonds is 4. The summed E-state index contributed by atoms with van der Waals surface area (Å²) in [5.41, 5.74) is 10.7. The first-order valence-electron chi connectivity index (χ1n) is 11.5. The van der Waals surface area contributed by atoms with Gasteiger partial charge in [0.15, 0.2) is 0 Å². The van der Waals surface area contributed by atoms with Crippen LogP contribution < -0.4 is 37.2 Å². The third-order valence-corrected chi connectivity index (χ3v) is 7.59. The average Bonchev–Trinajstić information content (AvgIpc) is 3.11. The predicted octanol–water partition coefficient (Wildman–Crippen LogP) is -0.865. The third kappa shape index (κ3) is 6.00. The second kappa shape index (κ2) is 12.3. The summed E-state index contributed by atoms with van der Waals surface area (Å²) < 4.78 is 1.45. The van der Waals surface area contributed by atoms with E-state index in [-0.39, 0.29) is 48.1 Å². The fourth-order valence-electron chi connectivity index (χ4n) is 5.25. The van der Waals surface area contributed by atoms with Gasteiger partial charge in [-0.25, -0.2) is 0 Å². The minimum atomic E-state index is -0.322. The average molecular weight is 560 g/mol. The van der Waals surface area contributed by atoms with Crippen LogP contribution in [0.1, 0.15) is 60.6 Å². The maximum atomic E-state index is 2.47. The third-order valence-electron chi connectivity index (χ3n) is 6.70. The molecule has 1 aliphatic carbocycles. The summed E-state index contributed by atoms with van der Waals surface area (Å²) in [4.78, 5) is 0. The summed E-state index contributed by atoms with van der Waals surface area (Å²) in [7, 11) is 0. The minimum absolute atomic E-state index is 0. The van der Waals surface area contributed by atoms with Crippen molar-refractivity contribution in [1.82, 2.24) is 0 Å². The molecule has 4 rings (SSSR count). The van der Waals surface area contributed by atoms with Crippen molar-refractivity contribution < 1.29 is 57.7 Å². The van der Waals surface area contributed by atoms with Gasteiger partial charge in [0, 0.05) is 0 Å². The molecule has 0 radical (unpaired) electrons. The van der Waals surface area contributed by atoms with E-state index < -0.39 is 0 Å². The van der Waals surface area contributed by atoms with Gasteiger partial charge in [-0.05, 0) is 0 Å². The first-order valence-corrected chi connectivity index (χ1v) is 12.3. The first-order chi connectivity index (χ1) is 15.1. The van der Waals surface area contributed by atoms with Gasteiger partial charge in [0.05, 0.1) is 0 Å². The van der Waals surface area contributed by atoms with Crippen LogP contribution in [0.3, 0.4) is 0 Å². The molecule has 4 heteroatoms. The molecule has 0 amide bonds. The monoisotopic (exact) mass is 558 g/mol. The summed E-state index contributed by atoms with van der Waals surface area (Å²) in [5.74, 6) is 0. The molecule has 0 atom stereocenters. The molecule has 0 unspecified atom stereocenters. The summed E-state index contributed by atoms with van der Waals surface area (Å²) in [6, 6.07) is 27.4. The Bertz CT molecular complexity index is 1120. The van der Waals surface area contributed by atoms with Crippen molar-refractivity contribution in [2.24, 2.45) is 5.41 Å². The molecule has 1 aliphatic rings. The van der Waals surface area contributed by atoms with Gasteiger partial charge >= 0.3 is 207 Å². The fourth-order valence-corrected chi connectivity index (χ4v) is 6.45. The van der Waals surface area contributed by atoms with Crippen molar-refractivity contribution in [2.75, 3.05) is 0 Å². The molecular formula is C31H33Cl3Ti. The summed E-state index contributed by atoms with van der Waals surface area (Å²) in [5, 5.41) is 0. The largest absolute Gasteiger partial charge is 1.00 e. The zero-order valence-corrected chi connectivity index (χ0v) is 25.2. The van der Waals surface area contributed by atoms with Gasteiger partial charge in [0.1, 0.15) is 0 Å². The first kappa shape index (κ1) is 31.8. The van der Waals surface area contributed by atoms with Crippen LogP contribution in [0, 0.1) is 26.2 Å². The van der Waals surface area contributed by atoms with Gasteiger partial charge in [-0.2, -0.15) is 0 Å². The maximum Gasteiger partial charge on any atom is -1.00 e. The van der Waals surface area contributed by atoms with Crippen molar-refractivity contribution in [3.8, 4) is 0 Å². The molecule has 182 valence electrons. The fraction of sp³-hybridized carbons (Fsp3) is 0.290. The van der Waals surface area contributed by atoms with Crippen LogP contribution in [0.15, 0.2) is 93.9 Å². The van der Waals surface area contributed by atoms with E-state index >= 15 is 0 Å². The minimum Gasteiger partial charge on any atom is -1.00 e. The van der Waals surface area contributed by atoms with Gasteiger partial charge in [0.2, 0.25) is 0 Å². The number of halogens is 3. The molecule has 3 aromatic rings. The number of benzene rings is 3. The zero-order valence-electron chi connectivity index (χ0n) is 21.3. The van der Waals surface area contributed by atoms with Gasteiger partial charge in [0.25, 0.3) is 0 Å². The summed E-state index contributed by atoms with van der Waals surface area (Å²) in [6.07, 6.45) is 3.45. The Morgan fingerprint density at radius 1 is 0.629 bits per heavy atom. The number of allylic oxidation sites excluding steroid dienone is 4. The van der Waals surface area contributed by atoms with Crippen LogP contribution in [0.2, 0.25) is 0 Å². The van der Waals surface area contributed by atoms with Crippen molar-refractivity contribution in [2.45, 2.75) is 53.4 Å². The van der Waals surface area contributed by atoms with E-state index in [0.717, 1.165) is 6.42 Å². The molecule has 0 N–H and O–H groups in total. The van der Waals surface area contributed by atoms with E-state index in [1.807, 2.05) is 0 Å². The quantitative estimate of drug-likeness (QED) is 0.288.